The molecule has 0 aromatic heterocycles. The van der Waals surface area contributed by atoms with Crippen LogP contribution in [0.4, 0.5) is 9.59 Å². The van der Waals surface area contributed by atoms with E-state index in [1.165, 1.54) is 4.90 Å². The van der Waals surface area contributed by atoms with Gasteiger partial charge in [0.2, 0.25) is 0 Å². The second-order valence-electron chi connectivity index (χ2n) is 3.95. The maximum absolute atomic E-state index is 11.7. The summed E-state index contributed by atoms with van der Waals surface area (Å²) in [5.74, 6) is -0.955. The van der Waals surface area contributed by atoms with Gasteiger partial charge in [0.1, 0.15) is 0 Å². The number of nitrogens with one attached hydrogen (secondary N) is 2. The molecular weight excluding hydrogens is 240 g/mol. The van der Waals surface area contributed by atoms with Crippen molar-refractivity contribution < 1.29 is 19.5 Å². The molecule has 0 aliphatic carbocycles. The van der Waals surface area contributed by atoms with Crippen molar-refractivity contribution in [2.75, 3.05) is 19.6 Å². The molecule has 0 aliphatic rings. The van der Waals surface area contributed by atoms with E-state index in [4.69, 9.17) is 10.8 Å². The topological polar surface area (TPSA) is 125 Å². The van der Waals surface area contributed by atoms with Gasteiger partial charge in [-0.2, -0.15) is 0 Å². The first kappa shape index (κ1) is 16.0. The summed E-state index contributed by atoms with van der Waals surface area (Å²) in [4.78, 5) is 34.0. The summed E-state index contributed by atoms with van der Waals surface area (Å²) in [6, 6.07) is -1.12. The highest BCUT2D eigenvalue weighted by atomic mass is 16.4. The quantitative estimate of drug-likeness (QED) is 0.462. The maximum atomic E-state index is 11.7. The lowest BCUT2D eigenvalue weighted by Crippen LogP contribution is -2.47. The standard InChI is InChI=1S/C10H20N4O4/c1-7(2)14(6-3-8(15)16)10(18)13-5-4-12-9(11)17/h7H,3-6H2,1-2H3,(H,13,18)(H,15,16)(H3,11,12,17). The van der Waals surface area contributed by atoms with E-state index in [0.717, 1.165) is 0 Å². The fourth-order valence-electron chi connectivity index (χ4n) is 1.27. The van der Waals surface area contributed by atoms with Gasteiger partial charge in [0.25, 0.3) is 0 Å². The number of aliphatic carboxylic acids is 1. The van der Waals surface area contributed by atoms with Gasteiger partial charge < -0.3 is 26.4 Å². The van der Waals surface area contributed by atoms with Gasteiger partial charge in [0, 0.05) is 25.7 Å². The smallest absolute Gasteiger partial charge is 0.317 e. The number of nitrogens with zero attached hydrogens (tertiary/aromatic N) is 1. The van der Waals surface area contributed by atoms with E-state index in [1.807, 2.05) is 0 Å². The first-order chi connectivity index (χ1) is 8.34. The van der Waals surface area contributed by atoms with Crippen LogP contribution in [0.25, 0.3) is 0 Å². The van der Waals surface area contributed by atoms with Crippen LogP contribution in [0.5, 0.6) is 0 Å². The molecule has 4 amide bonds. The molecule has 0 atom stereocenters. The summed E-state index contributed by atoms with van der Waals surface area (Å²) in [6.07, 6.45) is -0.106. The van der Waals surface area contributed by atoms with Crippen LogP contribution in [0.1, 0.15) is 20.3 Å². The van der Waals surface area contributed by atoms with Gasteiger partial charge in [-0.05, 0) is 13.8 Å². The second kappa shape index (κ2) is 8.15. The molecule has 0 spiro atoms. The van der Waals surface area contributed by atoms with Crippen LogP contribution in [0.2, 0.25) is 0 Å². The van der Waals surface area contributed by atoms with Crippen LogP contribution in [0.3, 0.4) is 0 Å². The SMILES string of the molecule is CC(C)N(CCC(=O)O)C(=O)NCCNC(N)=O. The molecule has 104 valence electrons. The average molecular weight is 260 g/mol. The number of carbonyl (C=O) groups is 3. The van der Waals surface area contributed by atoms with E-state index in [1.54, 1.807) is 13.8 Å². The Bertz CT molecular complexity index is 306. The molecule has 0 radical (unpaired) electrons. The Hall–Kier alpha value is -1.99. The number of carboxylic acid groups (broad SMARTS) is 1. The van der Waals surface area contributed by atoms with Crippen molar-refractivity contribution in [3.8, 4) is 0 Å². The van der Waals surface area contributed by atoms with Crippen molar-refractivity contribution in [1.29, 1.82) is 0 Å². The minimum atomic E-state index is -0.955. The van der Waals surface area contributed by atoms with Crippen molar-refractivity contribution in [2.45, 2.75) is 26.3 Å². The van der Waals surface area contributed by atoms with E-state index in [-0.39, 0.29) is 38.1 Å². The Balaban J connectivity index is 4.06. The largest absolute Gasteiger partial charge is 0.481 e. The number of carbonyl (C=O) groups excluding carboxylic acids is 2. The van der Waals surface area contributed by atoms with Crippen LogP contribution in [-0.4, -0.2) is 53.7 Å². The van der Waals surface area contributed by atoms with Crippen LogP contribution in [-0.2, 0) is 4.79 Å². The van der Waals surface area contributed by atoms with E-state index in [9.17, 15) is 14.4 Å². The van der Waals surface area contributed by atoms with Crippen molar-refractivity contribution >= 4 is 18.0 Å². The summed E-state index contributed by atoms with van der Waals surface area (Å²) in [6.45, 7) is 4.19. The van der Waals surface area contributed by atoms with Crippen molar-refractivity contribution in [2.24, 2.45) is 5.73 Å². The maximum Gasteiger partial charge on any atom is 0.317 e. The van der Waals surface area contributed by atoms with Gasteiger partial charge in [-0.1, -0.05) is 0 Å². The number of nitrogens with two attached hydrogens (primary N) is 1. The first-order valence-electron chi connectivity index (χ1n) is 5.64. The Morgan fingerprint density at radius 3 is 2.22 bits per heavy atom. The molecule has 0 aromatic rings. The number of hydrogen-bond donors (Lipinski definition) is 4. The van der Waals surface area contributed by atoms with Crippen molar-refractivity contribution in [1.82, 2.24) is 15.5 Å². The molecule has 5 N–H and O–H groups in total. The molecule has 0 aromatic carbocycles. The molecule has 0 heterocycles. The van der Waals surface area contributed by atoms with Crippen LogP contribution >= 0.6 is 0 Å². The highest BCUT2D eigenvalue weighted by Gasteiger charge is 2.17. The Labute approximate surface area is 106 Å². The van der Waals surface area contributed by atoms with Crippen LogP contribution < -0.4 is 16.4 Å². The molecule has 0 saturated carbocycles. The van der Waals surface area contributed by atoms with Gasteiger partial charge in [-0.15, -0.1) is 0 Å². The third-order valence-corrected chi connectivity index (χ3v) is 2.15. The molecule has 0 unspecified atom stereocenters. The molecular formula is C10H20N4O4. The van der Waals surface area contributed by atoms with Crippen LogP contribution in [0.15, 0.2) is 0 Å². The van der Waals surface area contributed by atoms with E-state index >= 15 is 0 Å². The van der Waals surface area contributed by atoms with Crippen molar-refractivity contribution in [3.05, 3.63) is 0 Å². The zero-order valence-corrected chi connectivity index (χ0v) is 10.6. The molecule has 0 saturated heterocycles. The van der Waals surface area contributed by atoms with Gasteiger partial charge in [0.05, 0.1) is 6.42 Å². The average Bonchev–Trinajstić information content (AvgIpc) is 2.23. The van der Waals surface area contributed by atoms with Gasteiger partial charge >= 0.3 is 18.0 Å². The number of hydrogen-bond acceptors (Lipinski definition) is 3. The summed E-state index contributed by atoms with van der Waals surface area (Å²) in [5.41, 5.74) is 4.86. The summed E-state index contributed by atoms with van der Waals surface area (Å²) in [5, 5.41) is 13.5. The summed E-state index contributed by atoms with van der Waals surface area (Å²) < 4.78 is 0. The lowest BCUT2D eigenvalue weighted by molar-refractivity contribution is -0.137. The minimum Gasteiger partial charge on any atom is -0.481 e. The highest BCUT2D eigenvalue weighted by Crippen LogP contribution is 2.00. The molecule has 0 bridgehead atoms. The summed E-state index contributed by atoms with van der Waals surface area (Å²) in [7, 11) is 0. The molecule has 8 heteroatoms. The van der Waals surface area contributed by atoms with Gasteiger partial charge in [-0.3, -0.25) is 4.79 Å². The predicted molar refractivity (Wildman–Crippen MR) is 65.1 cm³/mol. The number of carboxylic acids is 1. The monoisotopic (exact) mass is 260 g/mol. The number of primary amides is 1. The zero-order valence-electron chi connectivity index (χ0n) is 10.6. The van der Waals surface area contributed by atoms with E-state index < -0.39 is 12.0 Å². The molecule has 0 fully saturated rings. The molecule has 0 aliphatic heterocycles. The van der Waals surface area contributed by atoms with Crippen LogP contribution in [0, 0.1) is 0 Å². The number of rotatable bonds is 7. The highest BCUT2D eigenvalue weighted by molar-refractivity contribution is 5.75. The summed E-state index contributed by atoms with van der Waals surface area (Å²) >= 11 is 0. The van der Waals surface area contributed by atoms with Gasteiger partial charge in [0.15, 0.2) is 0 Å². The zero-order chi connectivity index (χ0) is 14.1. The Morgan fingerprint density at radius 2 is 1.78 bits per heavy atom. The minimum absolute atomic E-state index is 0.103. The fraction of sp³-hybridized carbons (Fsp3) is 0.700. The number of amides is 4. The predicted octanol–water partition coefficient (Wildman–Crippen LogP) is -0.451. The van der Waals surface area contributed by atoms with E-state index in [2.05, 4.69) is 10.6 Å². The Morgan fingerprint density at radius 1 is 1.22 bits per heavy atom. The second-order valence-corrected chi connectivity index (χ2v) is 3.95. The van der Waals surface area contributed by atoms with E-state index in [0.29, 0.717) is 0 Å². The fourth-order valence-corrected chi connectivity index (χ4v) is 1.27. The third kappa shape index (κ3) is 7.31. The number of urea groups is 2. The van der Waals surface area contributed by atoms with Gasteiger partial charge in [-0.25, -0.2) is 9.59 Å². The Kier molecular flexibility index (Phi) is 7.25. The van der Waals surface area contributed by atoms with Crippen molar-refractivity contribution in [3.63, 3.8) is 0 Å². The third-order valence-electron chi connectivity index (χ3n) is 2.15. The molecule has 8 nitrogen and oxygen atoms in total. The lowest BCUT2D eigenvalue weighted by Gasteiger charge is -2.26. The molecule has 0 rings (SSSR count). The normalized spacial score (nSPS) is 9.94. The molecule has 18 heavy (non-hydrogen) atoms. The lowest BCUT2D eigenvalue weighted by atomic mass is 10.3. The first-order valence-corrected chi connectivity index (χ1v) is 5.64.